The summed E-state index contributed by atoms with van der Waals surface area (Å²) >= 11 is 0. The molecule has 1 fully saturated rings. The molecule has 0 saturated carbocycles. The Morgan fingerprint density at radius 2 is 1.60 bits per heavy atom. The number of hydrogen-bond donors (Lipinski definition) is 0. The van der Waals surface area contributed by atoms with Crippen molar-refractivity contribution in [2.75, 3.05) is 32.7 Å². The summed E-state index contributed by atoms with van der Waals surface area (Å²) in [4.78, 5) is 18.1. The average Bonchev–Trinajstić information content (AvgIpc) is 3.12. The minimum atomic E-state index is -4.30. The van der Waals surface area contributed by atoms with Crippen molar-refractivity contribution >= 4 is 30.8 Å². The van der Waals surface area contributed by atoms with Gasteiger partial charge in [-0.05, 0) is 29.0 Å². The Balaban J connectivity index is 0.00000225. The lowest BCUT2D eigenvalue weighted by Gasteiger charge is -2.34. The normalized spacial score (nSPS) is 15.3. The first kappa shape index (κ1) is 26.1. The molecule has 0 aliphatic carbocycles. The van der Waals surface area contributed by atoms with E-state index in [1.165, 1.54) is 23.1 Å². The third-order valence-electron chi connectivity index (χ3n) is 4.70. The van der Waals surface area contributed by atoms with E-state index in [1.54, 1.807) is 0 Å². The molecular formula is C17H23Cl2F3N6O2. The SMILES string of the molecule is Cl.Cl.O=[N+]([O-])c1ncn(CCCN2CCN(Cc3ccc(C(F)(F)F)cc3)CC2)n1. The van der Waals surface area contributed by atoms with Crippen molar-refractivity contribution in [3.63, 3.8) is 0 Å². The van der Waals surface area contributed by atoms with E-state index >= 15 is 0 Å². The summed E-state index contributed by atoms with van der Waals surface area (Å²) in [5.41, 5.74) is 0.244. The van der Waals surface area contributed by atoms with Crippen molar-refractivity contribution in [1.29, 1.82) is 0 Å². The largest absolute Gasteiger partial charge is 0.490 e. The summed E-state index contributed by atoms with van der Waals surface area (Å²) in [5, 5.41) is 14.3. The zero-order valence-electron chi connectivity index (χ0n) is 16.0. The minimum Gasteiger partial charge on any atom is -0.390 e. The summed E-state index contributed by atoms with van der Waals surface area (Å²) in [7, 11) is 0. The Morgan fingerprint density at radius 3 is 2.13 bits per heavy atom. The van der Waals surface area contributed by atoms with Gasteiger partial charge in [-0.25, -0.2) is 0 Å². The molecule has 0 unspecified atom stereocenters. The highest BCUT2D eigenvalue weighted by molar-refractivity contribution is 5.85. The van der Waals surface area contributed by atoms with Gasteiger partial charge in [0.05, 0.1) is 12.1 Å². The Hall–Kier alpha value is -1.95. The number of aryl methyl sites for hydroxylation is 1. The van der Waals surface area contributed by atoms with Gasteiger partial charge in [0.2, 0.25) is 6.33 Å². The van der Waals surface area contributed by atoms with Crippen LogP contribution in [0.4, 0.5) is 19.1 Å². The molecule has 13 heteroatoms. The Bertz CT molecular complexity index is 796. The second-order valence-corrected chi connectivity index (χ2v) is 6.73. The first-order chi connectivity index (χ1) is 13.3. The minimum absolute atomic E-state index is 0. The van der Waals surface area contributed by atoms with Gasteiger partial charge >= 0.3 is 12.1 Å². The van der Waals surface area contributed by atoms with Crippen LogP contribution in [0.5, 0.6) is 0 Å². The van der Waals surface area contributed by atoms with Crippen LogP contribution in [0.25, 0.3) is 0 Å². The first-order valence-corrected chi connectivity index (χ1v) is 8.96. The molecule has 0 spiro atoms. The lowest BCUT2D eigenvalue weighted by Crippen LogP contribution is -2.46. The zero-order valence-corrected chi connectivity index (χ0v) is 17.6. The molecule has 1 aromatic carbocycles. The Kier molecular flexibility index (Phi) is 9.95. The number of aromatic nitrogens is 3. The van der Waals surface area contributed by atoms with E-state index in [-0.39, 0.29) is 24.8 Å². The van der Waals surface area contributed by atoms with E-state index in [0.717, 1.165) is 56.8 Å². The monoisotopic (exact) mass is 470 g/mol. The van der Waals surface area contributed by atoms with Crippen LogP contribution in [-0.2, 0) is 19.3 Å². The van der Waals surface area contributed by atoms with Crippen LogP contribution in [0.2, 0.25) is 0 Å². The van der Waals surface area contributed by atoms with Crippen LogP contribution in [0.1, 0.15) is 17.5 Å². The van der Waals surface area contributed by atoms with E-state index < -0.39 is 22.6 Å². The standard InChI is InChI=1S/C17H21F3N6O2.2ClH/c18-17(19,20)15-4-2-14(3-5-15)12-24-10-8-23(9-11-24)6-1-7-25-13-21-16(22-25)26(27)28;;/h2-5,13H,1,6-12H2;2*1H. The molecule has 168 valence electrons. The van der Waals surface area contributed by atoms with Crippen molar-refractivity contribution in [2.24, 2.45) is 0 Å². The summed E-state index contributed by atoms with van der Waals surface area (Å²) < 4.78 is 39.3. The molecule has 0 amide bonds. The van der Waals surface area contributed by atoms with Crippen LogP contribution < -0.4 is 0 Å². The highest BCUT2D eigenvalue weighted by atomic mass is 35.5. The van der Waals surface area contributed by atoms with Crippen molar-refractivity contribution in [2.45, 2.75) is 25.7 Å². The number of nitro groups is 1. The van der Waals surface area contributed by atoms with Gasteiger partial charge in [-0.15, -0.1) is 24.8 Å². The van der Waals surface area contributed by atoms with Gasteiger partial charge in [0, 0.05) is 44.4 Å². The molecule has 1 aliphatic heterocycles. The lowest BCUT2D eigenvalue weighted by molar-refractivity contribution is -0.394. The fraction of sp³-hybridized carbons (Fsp3) is 0.529. The molecule has 8 nitrogen and oxygen atoms in total. The summed E-state index contributed by atoms with van der Waals surface area (Å²) in [6.45, 7) is 5.48. The van der Waals surface area contributed by atoms with Gasteiger partial charge < -0.3 is 15.0 Å². The summed E-state index contributed by atoms with van der Waals surface area (Å²) in [5.74, 6) is -0.392. The highest BCUT2D eigenvalue weighted by Gasteiger charge is 2.30. The molecule has 1 aliphatic rings. The topological polar surface area (TPSA) is 80.3 Å². The van der Waals surface area contributed by atoms with Gasteiger partial charge in [-0.2, -0.15) is 17.9 Å². The molecule has 1 aromatic heterocycles. The first-order valence-electron chi connectivity index (χ1n) is 8.96. The summed E-state index contributed by atoms with van der Waals surface area (Å²) in [6, 6.07) is 5.32. The van der Waals surface area contributed by atoms with Crippen molar-refractivity contribution in [3.8, 4) is 0 Å². The fourth-order valence-corrected chi connectivity index (χ4v) is 3.16. The van der Waals surface area contributed by atoms with Crippen LogP contribution in [0, 0.1) is 10.1 Å². The highest BCUT2D eigenvalue weighted by Crippen LogP contribution is 2.29. The van der Waals surface area contributed by atoms with E-state index in [0.29, 0.717) is 13.1 Å². The number of rotatable bonds is 7. The fourth-order valence-electron chi connectivity index (χ4n) is 3.16. The maximum Gasteiger partial charge on any atom is 0.490 e. The van der Waals surface area contributed by atoms with Crippen molar-refractivity contribution in [1.82, 2.24) is 24.6 Å². The Labute approximate surface area is 184 Å². The van der Waals surface area contributed by atoms with Crippen LogP contribution in [0.15, 0.2) is 30.6 Å². The maximum absolute atomic E-state index is 12.6. The number of nitrogens with zero attached hydrogens (tertiary/aromatic N) is 6. The molecule has 2 aromatic rings. The van der Waals surface area contributed by atoms with Crippen LogP contribution in [-0.4, -0.2) is 62.2 Å². The van der Waals surface area contributed by atoms with E-state index in [9.17, 15) is 23.3 Å². The van der Waals surface area contributed by atoms with E-state index in [2.05, 4.69) is 19.9 Å². The molecule has 0 N–H and O–H groups in total. The number of piperazine rings is 1. The zero-order chi connectivity index (χ0) is 20.1. The van der Waals surface area contributed by atoms with Crippen molar-refractivity contribution in [3.05, 3.63) is 51.8 Å². The molecule has 2 heterocycles. The third kappa shape index (κ3) is 7.38. The second-order valence-electron chi connectivity index (χ2n) is 6.73. The molecule has 0 atom stereocenters. The maximum atomic E-state index is 12.6. The molecule has 30 heavy (non-hydrogen) atoms. The molecular weight excluding hydrogens is 448 g/mol. The van der Waals surface area contributed by atoms with Gasteiger partial charge in [0.15, 0.2) is 0 Å². The molecule has 0 bridgehead atoms. The predicted molar refractivity (Wildman–Crippen MR) is 109 cm³/mol. The average molecular weight is 471 g/mol. The third-order valence-corrected chi connectivity index (χ3v) is 4.70. The van der Waals surface area contributed by atoms with E-state index in [4.69, 9.17) is 0 Å². The van der Waals surface area contributed by atoms with Crippen LogP contribution >= 0.6 is 24.8 Å². The Morgan fingerprint density at radius 1 is 1.00 bits per heavy atom. The van der Waals surface area contributed by atoms with E-state index in [1.807, 2.05) is 0 Å². The predicted octanol–water partition coefficient (Wildman–Crippen LogP) is 3.26. The number of halogens is 5. The van der Waals surface area contributed by atoms with Gasteiger partial charge in [0.1, 0.15) is 0 Å². The summed E-state index contributed by atoms with van der Waals surface area (Å²) in [6.07, 6.45) is -2.14. The molecule has 0 radical (unpaired) electrons. The molecule has 3 rings (SSSR count). The lowest BCUT2D eigenvalue weighted by atomic mass is 10.1. The van der Waals surface area contributed by atoms with Gasteiger partial charge in [-0.3, -0.25) is 4.90 Å². The van der Waals surface area contributed by atoms with Crippen LogP contribution in [0.3, 0.4) is 0 Å². The quantitative estimate of drug-likeness (QED) is 0.456. The number of alkyl halides is 3. The van der Waals surface area contributed by atoms with Gasteiger partial charge in [0.25, 0.3) is 0 Å². The second kappa shape index (κ2) is 11.4. The van der Waals surface area contributed by atoms with Crippen molar-refractivity contribution < 1.29 is 18.1 Å². The number of benzene rings is 1. The number of hydrogen-bond acceptors (Lipinski definition) is 6. The smallest absolute Gasteiger partial charge is 0.390 e. The van der Waals surface area contributed by atoms with Gasteiger partial charge in [-0.1, -0.05) is 17.1 Å². The molecule has 1 saturated heterocycles.